The molecule has 150 valence electrons. The van der Waals surface area contributed by atoms with Gasteiger partial charge in [-0.3, -0.25) is 4.79 Å². The quantitative estimate of drug-likeness (QED) is 0.629. The van der Waals surface area contributed by atoms with Gasteiger partial charge in [0.15, 0.2) is 0 Å². The molecule has 0 saturated heterocycles. The van der Waals surface area contributed by atoms with Gasteiger partial charge in [0.1, 0.15) is 22.9 Å². The van der Waals surface area contributed by atoms with Crippen molar-refractivity contribution in [2.45, 2.75) is 6.92 Å². The van der Waals surface area contributed by atoms with Crippen molar-refractivity contribution >= 4 is 23.2 Å². The van der Waals surface area contributed by atoms with E-state index in [1.54, 1.807) is 45.6 Å². The van der Waals surface area contributed by atoms with Crippen LogP contribution in [0, 0.1) is 6.92 Å². The molecule has 0 fully saturated rings. The van der Waals surface area contributed by atoms with Crippen LogP contribution in [0.3, 0.4) is 0 Å². The predicted octanol–water partition coefficient (Wildman–Crippen LogP) is 3.81. The van der Waals surface area contributed by atoms with Crippen LogP contribution >= 0.6 is 0 Å². The zero-order valence-corrected chi connectivity index (χ0v) is 16.6. The lowest BCUT2D eigenvalue weighted by Gasteiger charge is -2.13. The number of carbonyl (C=O) groups excluding carboxylic acids is 1. The molecule has 0 radical (unpaired) electrons. The van der Waals surface area contributed by atoms with Crippen LogP contribution in [-0.2, 0) is 0 Å². The molecule has 29 heavy (non-hydrogen) atoms. The standard InChI is InChI=1S/C21H22N4O4/c1-13-5-7-18(28-3)16(11-13)23-20(26)15-9-10-22-21(24-15)25-17-12-14(27-2)6-8-19(17)29-4/h5-12H,1-4H3,(H,23,26)(H,22,24,25). The lowest BCUT2D eigenvalue weighted by atomic mass is 10.2. The Morgan fingerprint density at radius 1 is 0.897 bits per heavy atom. The molecule has 0 spiro atoms. The van der Waals surface area contributed by atoms with E-state index in [0.717, 1.165) is 5.56 Å². The smallest absolute Gasteiger partial charge is 0.274 e. The fourth-order valence-electron chi connectivity index (χ4n) is 2.68. The van der Waals surface area contributed by atoms with Crippen molar-refractivity contribution in [3.05, 3.63) is 59.9 Å². The van der Waals surface area contributed by atoms with Crippen LogP contribution in [0.15, 0.2) is 48.7 Å². The van der Waals surface area contributed by atoms with E-state index in [2.05, 4.69) is 20.6 Å². The molecular weight excluding hydrogens is 372 g/mol. The molecule has 0 bridgehead atoms. The van der Waals surface area contributed by atoms with Gasteiger partial charge in [0.05, 0.1) is 32.7 Å². The van der Waals surface area contributed by atoms with E-state index >= 15 is 0 Å². The van der Waals surface area contributed by atoms with E-state index in [9.17, 15) is 4.79 Å². The summed E-state index contributed by atoms with van der Waals surface area (Å²) in [5, 5.41) is 5.88. The van der Waals surface area contributed by atoms with Gasteiger partial charge in [-0.25, -0.2) is 9.97 Å². The first-order valence-electron chi connectivity index (χ1n) is 8.82. The van der Waals surface area contributed by atoms with Crippen molar-refractivity contribution in [1.29, 1.82) is 0 Å². The van der Waals surface area contributed by atoms with Crippen LogP contribution in [0.4, 0.5) is 17.3 Å². The van der Waals surface area contributed by atoms with Gasteiger partial charge in [0, 0.05) is 12.3 Å². The summed E-state index contributed by atoms with van der Waals surface area (Å²) in [6.45, 7) is 1.93. The third-order valence-electron chi connectivity index (χ3n) is 4.14. The summed E-state index contributed by atoms with van der Waals surface area (Å²) in [5.41, 5.74) is 2.38. The second kappa shape index (κ2) is 8.92. The summed E-state index contributed by atoms with van der Waals surface area (Å²) >= 11 is 0. The van der Waals surface area contributed by atoms with E-state index in [1.807, 2.05) is 19.1 Å². The van der Waals surface area contributed by atoms with Crippen LogP contribution in [-0.4, -0.2) is 37.2 Å². The number of methoxy groups -OCH3 is 3. The van der Waals surface area contributed by atoms with Crippen molar-refractivity contribution in [3.8, 4) is 17.2 Å². The first-order valence-corrected chi connectivity index (χ1v) is 8.82. The number of aromatic nitrogens is 2. The fourth-order valence-corrected chi connectivity index (χ4v) is 2.68. The zero-order valence-electron chi connectivity index (χ0n) is 16.6. The average molecular weight is 394 g/mol. The number of nitrogens with zero attached hydrogens (tertiary/aromatic N) is 2. The average Bonchev–Trinajstić information content (AvgIpc) is 2.74. The van der Waals surface area contributed by atoms with Crippen LogP contribution in [0.1, 0.15) is 16.1 Å². The highest BCUT2D eigenvalue weighted by Crippen LogP contribution is 2.30. The molecule has 0 saturated carbocycles. The molecule has 0 aliphatic heterocycles. The van der Waals surface area contributed by atoms with Gasteiger partial charge >= 0.3 is 0 Å². The number of carbonyl (C=O) groups is 1. The first kappa shape index (κ1) is 19.9. The Morgan fingerprint density at radius 3 is 2.34 bits per heavy atom. The zero-order chi connectivity index (χ0) is 20.8. The molecule has 0 aliphatic carbocycles. The number of aryl methyl sites for hydroxylation is 1. The maximum atomic E-state index is 12.7. The Bertz CT molecular complexity index is 1020. The number of rotatable bonds is 7. The van der Waals surface area contributed by atoms with E-state index < -0.39 is 0 Å². The second-order valence-electron chi connectivity index (χ2n) is 6.11. The number of benzene rings is 2. The predicted molar refractivity (Wildman–Crippen MR) is 111 cm³/mol. The maximum absolute atomic E-state index is 12.7. The van der Waals surface area contributed by atoms with E-state index in [4.69, 9.17) is 14.2 Å². The van der Waals surface area contributed by atoms with Gasteiger partial charge in [-0.05, 0) is 42.8 Å². The highest BCUT2D eigenvalue weighted by atomic mass is 16.5. The summed E-state index contributed by atoms with van der Waals surface area (Å²) in [6.07, 6.45) is 1.50. The summed E-state index contributed by atoms with van der Waals surface area (Å²) in [7, 11) is 4.69. The SMILES string of the molecule is COc1ccc(OC)c(Nc2nccc(C(=O)Nc3cc(C)ccc3OC)n2)c1. The first-order chi connectivity index (χ1) is 14.0. The number of hydrogen-bond acceptors (Lipinski definition) is 7. The Hall–Kier alpha value is -3.81. The van der Waals surface area contributed by atoms with Gasteiger partial charge < -0.3 is 24.8 Å². The highest BCUT2D eigenvalue weighted by molar-refractivity contribution is 6.03. The number of hydrogen-bond donors (Lipinski definition) is 2. The third-order valence-corrected chi connectivity index (χ3v) is 4.14. The molecule has 1 aromatic heterocycles. The second-order valence-corrected chi connectivity index (χ2v) is 6.11. The van der Waals surface area contributed by atoms with E-state index in [1.165, 1.54) is 12.3 Å². The molecule has 0 atom stereocenters. The van der Waals surface area contributed by atoms with Gasteiger partial charge in [-0.15, -0.1) is 0 Å². The van der Waals surface area contributed by atoms with Crippen molar-refractivity contribution in [2.24, 2.45) is 0 Å². The monoisotopic (exact) mass is 394 g/mol. The van der Waals surface area contributed by atoms with Gasteiger partial charge in [-0.1, -0.05) is 6.07 Å². The molecule has 3 rings (SSSR count). The van der Waals surface area contributed by atoms with E-state index in [-0.39, 0.29) is 17.5 Å². The lowest BCUT2D eigenvalue weighted by Crippen LogP contribution is -2.15. The third kappa shape index (κ3) is 4.73. The molecule has 8 heteroatoms. The van der Waals surface area contributed by atoms with Crippen LogP contribution in [0.25, 0.3) is 0 Å². The minimum atomic E-state index is -0.378. The summed E-state index contributed by atoms with van der Waals surface area (Å²) < 4.78 is 15.9. The van der Waals surface area contributed by atoms with Gasteiger partial charge in [0.25, 0.3) is 5.91 Å². The van der Waals surface area contributed by atoms with Crippen molar-refractivity contribution in [2.75, 3.05) is 32.0 Å². The largest absolute Gasteiger partial charge is 0.497 e. The molecule has 0 unspecified atom stereocenters. The molecule has 2 N–H and O–H groups in total. The van der Waals surface area contributed by atoms with Crippen molar-refractivity contribution in [1.82, 2.24) is 9.97 Å². The maximum Gasteiger partial charge on any atom is 0.274 e. The van der Waals surface area contributed by atoms with Crippen molar-refractivity contribution < 1.29 is 19.0 Å². The van der Waals surface area contributed by atoms with Crippen molar-refractivity contribution in [3.63, 3.8) is 0 Å². The Balaban J connectivity index is 1.83. The normalized spacial score (nSPS) is 10.2. The Labute approximate surface area is 168 Å². The molecule has 8 nitrogen and oxygen atoms in total. The van der Waals surface area contributed by atoms with E-state index in [0.29, 0.717) is 28.6 Å². The fraction of sp³-hybridized carbons (Fsp3) is 0.190. The van der Waals surface area contributed by atoms with Crippen LogP contribution in [0.5, 0.6) is 17.2 Å². The minimum absolute atomic E-state index is 0.202. The molecule has 2 aromatic carbocycles. The minimum Gasteiger partial charge on any atom is -0.497 e. The Kier molecular flexibility index (Phi) is 6.13. The number of nitrogens with one attached hydrogen (secondary N) is 2. The molecule has 1 amide bonds. The number of amides is 1. The van der Waals surface area contributed by atoms with Gasteiger partial charge in [0.2, 0.25) is 5.95 Å². The van der Waals surface area contributed by atoms with Crippen LogP contribution < -0.4 is 24.8 Å². The number of ether oxygens (including phenoxy) is 3. The highest BCUT2D eigenvalue weighted by Gasteiger charge is 2.13. The molecule has 0 aliphatic rings. The summed E-state index contributed by atoms with van der Waals surface area (Å²) in [4.78, 5) is 21.2. The Morgan fingerprint density at radius 2 is 1.62 bits per heavy atom. The molecule has 3 aromatic rings. The number of anilines is 3. The van der Waals surface area contributed by atoms with Gasteiger partial charge in [-0.2, -0.15) is 0 Å². The van der Waals surface area contributed by atoms with Crippen LogP contribution in [0.2, 0.25) is 0 Å². The topological polar surface area (TPSA) is 94.6 Å². The summed E-state index contributed by atoms with van der Waals surface area (Å²) in [5.74, 6) is 1.68. The molecule has 1 heterocycles. The lowest BCUT2D eigenvalue weighted by molar-refractivity contribution is 0.102. The molecular formula is C21H22N4O4. The summed E-state index contributed by atoms with van der Waals surface area (Å²) in [6, 6.07) is 12.4.